The Kier molecular flexibility index (Phi) is 5.48. The van der Waals surface area contributed by atoms with Crippen molar-refractivity contribution in [3.8, 4) is 5.75 Å². The lowest BCUT2D eigenvalue weighted by Crippen LogP contribution is -2.48. The predicted molar refractivity (Wildman–Crippen MR) is 140 cm³/mol. The van der Waals surface area contributed by atoms with E-state index in [0.29, 0.717) is 29.0 Å². The Morgan fingerprint density at radius 3 is 2.22 bits per heavy atom. The van der Waals surface area contributed by atoms with Crippen molar-refractivity contribution in [2.45, 2.75) is 31.8 Å². The van der Waals surface area contributed by atoms with Crippen molar-refractivity contribution in [3.05, 3.63) is 101 Å². The van der Waals surface area contributed by atoms with Crippen LogP contribution in [0.15, 0.2) is 78.9 Å². The minimum Gasteiger partial charge on any atom is -0.494 e. The van der Waals surface area contributed by atoms with Crippen molar-refractivity contribution >= 4 is 29.3 Å². The minimum absolute atomic E-state index is 0.181. The third kappa shape index (κ3) is 3.08. The van der Waals surface area contributed by atoms with Crippen molar-refractivity contribution in [2.24, 2.45) is 5.41 Å². The molecule has 1 fully saturated rings. The van der Waals surface area contributed by atoms with Crippen molar-refractivity contribution in [1.29, 1.82) is 0 Å². The van der Waals surface area contributed by atoms with Crippen LogP contribution in [0.1, 0.15) is 51.6 Å². The lowest BCUT2D eigenvalue weighted by molar-refractivity contribution is -0.145. The fraction of sp³-hybridized carbons (Fsp3) is 0.258. The third-order valence-corrected chi connectivity index (χ3v) is 7.79. The predicted octanol–water partition coefficient (Wildman–Crippen LogP) is 5.08. The highest BCUT2D eigenvalue weighted by atomic mass is 16.5. The summed E-state index contributed by atoms with van der Waals surface area (Å²) in [4.78, 5) is 44.8. The highest BCUT2D eigenvalue weighted by Crippen LogP contribution is 2.61. The normalized spacial score (nSPS) is 22.5. The van der Waals surface area contributed by atoms with Gasteiger partial charge in [-0.25, -0.2) is 4.79 Å². The monoisotopic (exact) mass is 493 g/mol. The molecule has 0 amide bonds. The van der Waals surface area contributed by atoms with E-state index < -0.39 is 29.4 Å². The number of benzene rings is 3. The lowest BCUT2D eigenvalue weighted by Gasteiger charge is -2.36. The van der Waals surface area contributed by atoms with Crippen LogP contribution in [0.25, 0.3) is 6.08 Å². The van der Waals surface area contributed by atoms with Crippen LogP contribution in [0, 0.1) is 5.41 Å². The first-order valence-electron chi connectivity index (χ1n) is 12.7. The quantitative estimate of drug-likeness (QED) is 0.365. The van der Waals surface area contributed by atoms with Gasteiger partial charge in [0.15, 0.2) is 11.6 Å². The fourth-order valence-electron chi connectivity index (χ4n) is 6.48. The van der Waals surface area contributed by atoms with Gasteiger partial charge in [-0.2, -0.15) is 0 Å². The molecule has 0 aromatic heterocycles. The number of nitrogens with zero attached hydrogens (tertiary/aromatic N) is 1. The maximum atomic E-state index is 14.5. The van der Waals surface area contributed by atoms with Gasteiger partial charge in [0.2, 0.25) is 0 Å². The molecule has 2 heterocycles. The maximum Gasteiger partial charge on any atom is 0.329 e. The number of rotatable bonds is 5. The van der Waals surface area contributed by atoms with E-state index in [4.69, 9.17) is 9.47 Å². The van der Waals surface area contributed by atoms with Gasteiger partial charge in [-0.15, -0.1) is 0 Å². The van der Waals surface area contributed by atoms with E-state index in [9.17, 15) is 14.4 Å². The molecule has 6 rings (SSSR count). The van der Waals surface area contributed by atoms with Gasteiger partial charge in [-0.05, 0) is 31.5 Å². The van der Waals surface area contributed by atoms with Gasteiger partial charge in [-0.3, -0.25) is 9.59 Å². The molecule has 1 saturated heterocycles. The zero-order valence-electron chi connectivity index (χ0n) is 20.7. The van der Waals surface area contributed by atoms with E-state index in [0.717, 1.165) is 11.3 Å². The second kappa shape index (κ2) is 8.73. The molecule has 186 valence electrons. The summed E-state index contributed by atoms with van der Waals surface area (Å²) in [6.45, 7) is 4.22. The number of anilines is 1. The number of ether oxygens (including phenoxy) is 2. The highest BCUT2D eigenvalue weighted by molar-refractivity contribution is 6.32. The van der Waals surface area contributed by atoms with Crippen molar-refractivity contribution in [1.82, 2.24) is 0 Å². The molecule has 0 bridgehead atoms. The Morgan fingerprint density at radius 2 is 1.51 bits per heavy atom. The molecule has 3 aliphatic rings. The number of Topliss-reactive ketones (excluding diaryl/α,β-unsaturated/α-hetero) is 2. The Hall–Kier alpha value is -4.19. The van der Waals surface area contributed by atoms with Crippen LogP contribution >= 0.6 is 0 Å². The van der Waals surface area contributed by atoms with Crippen LogP contribution < -0.4 is 9.64 Å². The van der Waals surface area contributed by atoms with Crippen LogP contribution in [0.4, 0.5) is 5.69 Å². The summed E-state index contributed by atoms with van der Waals surface area (Å²) in [7, 11) is 0. The van der Waals surface area contributed by atoms with Crippen molar-refractivity contribution in [2.75, 3.05) is 18.1 Å². The van der Waals surface area contributed by atoms with Gasteiger partial charge in [0.05, 0.1) is 19.3 Å². The maximum absolute atomic E-state index is 14.5. The van der Waals surface area contributed by atoms with Crippen LogP contribution in [0.5, 0.6) is 5.75 Å². The first-order valence-corrected chi connectivity index (χ1v) is 12.7. The molecule has 0 N–H and O–H groups in total. The zero-order valence-corrected chi connectivity index (χ0v) is 20.7. The SMILES string of the molecule is CCOC(=O)[C@H]1[C@H](c2ccccc2OCC)C2(C(=O)c3ccccc3C2=O)[C@H]2C=Cc3ccccc3N12. The first-order chi connectivity index (χ1) is 18.1. The number of para-hydroxylation sites is 2. The summed E-state index contributed by atoms with van der Waals surface area (Å²) in [6, 6.07) is 20.5. The average molecular weight is 494 g/mol. The third-order valence-electron chi connectivity index (χ3n) is 7.79. The van der Waals surface area contributed by atoms with Crippen LogP contribution in [-0.4, -0.2) is 42.8 Å². The molecule has 0 saturated carbocycles. The van der Waals surface area contributed by atoms with E-state index in [1.165, 1.54) is 0 Å². The number of ketones is 2. The fourth-order valence-corrected chi connectivity index (χ4v) is 6.48. The molecule has 1 spiro atoms. The topological polar surface area (TPSA) is 72.9 Å². The van der Waals surface area contributed by atoms with Crippen LogP contribution in [0.2, 0.25) is 0 Å². The van der Waals surface area contributed by atoms with Crippen molar-refractivity contribution < 1.29 is 23.9 Å². The molecule has 0 radical (unpaired) electrons. The molecule has 6 nitrogen and oxygen atoms in total. The van der Waals surface area contributed by atoms with Crippen LogP contribution in [0.3, 0.4) is 0 Å². The Labute approximate surface area is 215 Å². The van der Waals surface area contributed by atoms with Gasteiger partial charge in [0.25, 0.3) is 0 Å². The van der Waals surface area contributed by atoms with E-state index in [1.807, 2.05) is 72.5 Å². The molecule has 3 aromatic rings. The molecule has 3 atom stereocenters. The standard InChI is InChI=1S/C31H27NO5/c1-3-36-24-16-10-8-14-22(24)26-27(30(35)37-4-2)32-23-15-9-5-11-19(23)17-18-25(32)31(26)28(33)20-12-6-7-13-21(20)29(31)34/h5-18,25-27H,3-4H2,1-2H3/t25-,26+,27-/m1/s1. The number of esters is 1. The Bertz CT molecular complexity index is 1420. The molecular weight excluding hydrogens is 466 g/mol. The van der Waals surface area contributed by atoms with Crippen LogP contribution in [-0.2, 0) is 9.53 Å². The molecular formula is C31H27NO5. The minimum atomic E-state index is -1.56. The van der Waals surface area contributed by atoms with Gasteiger partial charge in [0, 0.05) is 28.3 Å². The summed E-state index contributed by atoms with van der Waals surface area (Å²) in [6.07, 6.45) is 3.85. The lowest BCUT2D eigenvalue weighted by atomic mass is 9.64. The highest BCUT2D eigenvalue weighted by Gasteiger charge is 2.72. The van der Waals surface area contributed by atoms with E-state index in [2.05, 4.69) is 0 Å². The van der Waals surface area contributed by atoms with Gasteiger partial charge >= 0.3 is 5.97 Å². The number of carbonyl (C=O) groups is 3. The molecule has 0 unspecified atom stereocenters. The second-order valence-electron chi connectivity index (χ2n) is 9.49. The van der Waals surface area contributed by atoms with Gasteiger partial charge in [0.1, 0.15) is 17.2 Å². The summed E-state index contributed by atoms with van der Waals surface area (Å²) in [5.41, 5.74) is 1.58. The summed E-state index contributed by atoms with van der Waals surface area (Å²) < 4.78 is 11.6. The number of hydrogen-bond acceptors (Lipinski definition) is 6. The summed E-state index contributed by atoms with van der Waals surface area (Å²) >= 11 is 0. The molecule has 2 aliphatic heterocycles. The number of carbonyl (C=O) groups excluding carboxylic acids is 3. The largest absolute Gasteiger partial charge is 0.494 e. The van der Waals surface area contributed by atoms with E-state index in [1.54, 1.807) is 31.2 Å². The zero-order chi connectivity index (χ0) is 25.7. The molecule has 6 heteroatoms. The Morgan fingerprint density at radius 1 is 0.865 bits per heavy atom. The number of hydrogen-bond donors (Lipinski definition) is 0. The van der Waals surface area contributed by atoms with Gasteiger partial charge in [-0.1, -0.05) is 72.8 Å². The number of fused-ring (bicyclic) bond motifs is 5. The average Bonchev–Trinajstić information content (AvgIpc) is 3.36. The molecule has 1 aliphatic carbocycles. The first kappa shape index (κ1) is 23.2. The second-order valence-corrected chi connectivity index (χ2v) is 9.49. The molecule has 3 aromatic carbocycles. The van der Waals surface area contributed by atoms with E-state index >= 15 is 0 Å². The van der Waals surface area contributed by atoms with Gasteiger partial charge < -0.3 is 14.4 Å². The summed E-state index contributed by atoms with van der Waals surface area (Å²) in [5, 5.41) is 0. The molecule has 37 heavy (non-hydrogen) atoms. The smallest absolute Gasteiger partial charge is 0.329 e. The summed E-state index contributed by atoms with van der Waals surface area (Å²) in [5.74, 6) is -1.28. The Balaban J connectivity index is 1.69. The van der Waals surface area contributed by atoms with Crippen molar-refractivity contribution in [3.63, 3.8) is 0 Å². The van der Waals surface area contributed by atoms with E-state index in [-0.39, 0.29) is 18.2 Å².